The molecule has 5 nitrogen and oxygen atoms in total. The normalized spacial score (nSPS) is 11.8. The summed E-state index contributed by atoms with van der Waals surface area (Å²) in [5.74, 6) is 2.49. The zero-order chi connectivity index (χ0) is 39.1. The number of para-hydroxylation sites is 1. The number of nitrogens with two attached hydrogens (primary N) is 1. The van der Waals surface area contributed by atoms with Crippen molar-refractivity contribution in [2.24, 2.45) is 0 Å². The van der Waals surface area contributed by atoms with Crippen molar-refractivity contribution >= 4 is 29.0 Å². The van der Waals surface area contributed by atoms with Gasteiger partial charge >= 0.3 is 20.4 Å². The Morgan fingerprint density at radius 2 is 1.25 bits per heavy atom. The molecule has 0 fully saturated rings. The zero-order valence-corrected chi connectivity index (χ0v) is 37.5. The molecule has 0 amide bonds. The van der Waals surface area contributed by atoms with E-state index in [1.807, 2.05) is 55.6 Å². The van der Waals surface area contributed by atoms with Crippen LogP contribution in [0.5, 0.6) is 5.75 Å². The number of nitrogen functional groups attached to an aromatic ring is 1. The second-order valence-electron chi connectivity index (χ2n) is 16.3. The first-order chi connectivity index (χ1) is 23.4. The standard InChI is InChI=1S/C31H49OP.C12H10N.CH4O3S.Pd/c1-19(2)23-17-24(20(3)4)28(25(18-23)21(5)6)27-22(7)15-16-26(32-14)29(27)33(30(8,9)10)31(11,12)13;13-12-9-5-4-8-11(12)10-6-2-1-3-7-10;1-5(2,3)4;/h15-21H,1-14H3;1-6,8-9H,13H2;1H3,(H,2,3,4);/q;-1;;+2/p+1. The fourth-order valence-electron chi connectivity index (χ4n) is 6.85. The Balaban J connectivity index is 0.000000581. The van der Waals surface area contributed by atoms with Gasteiger partial charge < -0.3 is 10.5 Å². The van der Waals surface area contributed by atoms with Crippen LogP contribution in [0.25, 0.3) is 22.3 Å². The van der Waals surface area contributed by atoms with Crippen molar-refractivity contribution in [3.63, 3.8) is 0 Å². The molecule has 0 radical (unpaired) electrons. The van der Waals surface area contributed by atoms with Gasteiger partial charge in [0.05, 0.1) is 23.7 Å². The maximum absolute atomic E-state index is 9.19. The van der Waals surface area contributed by atoms with Gasteiger partial charge in [0.15, 0.2) is 5.75 Å². The van der Waals surface area contributed by atoms with Crippen LogP contribution >= 0.6 is 7.92 Å². The van der Waals surface area contributed by atoms with Crippen LogP contribution in [0.15, 0.2) is 72.8 Å². The smallest absolute Gasteiger partial charge is 0.493 e. The van der Waals surface area contributed by atoms with Crippen molar-refractivity contribution in [1.29, 1.82) is 0 Å². The minimum Gasteiger partial charge on any atom is -0.493 e. The Morgan fingerprint density at radius 3 is 1.63 bits per heavy atom. The number of ether oxygens (including phenoxy) is 1. The van der Waals surface area contributed by atoms with Gasteiger partial charge in [-0.05, 0) is 112 Å². The molecule has 4 rings (SSSR count). The molecule has 0 spiro atoms. The summed E-state index contributed by atoms with van der Waals surface area (Å²) in [6, 6.07) is 28.2. The van der Waals surface area contributed by atoms with Gasteiger partial charge in [-0.1, -0.05) is 83.5 Å². The molecule has 8 heteroatoms. The molecular formula is C44H64NO4PPdS+2. The molecule has 3 N–H and O–H groups in total. The first-order valence-corrected chi connectivity index (χ1v) is 21.2. The first-order valence-electron chi connectivity index (χ1n) is 17.9. The van der Waals surface area contributed by atoms with Gasteiger partial charge in [0.2, 0.25) is 0 Å². The van der Waals surface area contributed by atoms with E-state index in [0.29, 0.717) is 24.0 Å². The van der Waals surface area contributed by atoms with Gasteiger partial charge in [0, 0.05) is 13.5 Å². The Kier molecular flexibility index (Phi) is 18.0. The minimum atomic E-state index is -3.67. The topological polar surface area (TPSA) is 89.6 Å². The van der Waals surface area contributed by atoms with Crippen LogP contribution in [0, 0.1) is 13.0 Å². The summed E-state index contributed by atoms with van der Waals surface area (Å²) < 4.78 is 32.0. The van der Waals surface area contributed by atoms with E-state index in [9.17, 15) is 8.42 Å². The molecule has 0 atom stereocenters. The molecule has 0 saturated carbocycles. The van der Waals surface area contributed by atoms with Gasteiger partial charge in [-0.2, -0.15) is 8.42 Å². The molecule has 288 valence electrons. The Bertz CT molecular complexity index is 1790. The van der Waals surface area contributed by atoms with Crippen LogP contribution in [0.2, 0.25) is 0 Å². The van der Waals surface area contributed by atoms with E-state index < -0.39 is 18.0 Å². The summed E-state index contributed by atoms with van der Waals surface area (Å²) in [4.78, 5) is 0. The average molecular weight is 840 g/mol. The van der Waals surface area contributed by atoms with Crippen molar-refractivity contribution in [3.05, 3.63) is 101 Å². The Morgan fingerprint density at radius 1 is 0.769 bits per heavy atom. The predicted molar refractivity (Wildman–Crippen MR) is 225 cm³/mol. The summed E-state index contributed by atoms with van der Waals surface area (Å²) >= 11 is 0. The van der Waals surface area contributed by atoms with Crippen LogP contribution in [0.1, 0.15) is 123 Å². The van der Waals surface area contributed by atoms with Gasteiger partial charge in [-0.25, -0.2) is 0 Å². The molecule has 52 heavy (non-hydrogen) atoms. The molecule has 0 aliphatic rings. The number of rotatable bonds is 7. The van der Waals surface area contributed by atoms with E-state index in [2.05, 4.69) is 120 Å². The quantitative estimate of drug-likeness (QED) is 0.0636. The summed E-state index contributed by atoms with van der Waals surface area (Å²) in [6.07, 6.45) is 0.715. The van der Waals surface area contributed by atoms with Gasteiger partial charge in [-0.3, -0.25) is 4.55 Å². The molecule has 0 aliphatic carbocycles. The van der Waals surface area contributed by atoms with Gasteiger partial charge in [0.25, 0.3) is 10.1 Å². The second kappa shape index (κ2) is 19.7. The van der Waals surface area contributed by atoms with Crippen molar-refractivity contribution in [2.45, 2.75) is 118 Å². The SMILES string of the molecule is COc1ccc(C)c(-c2c(C(C)C)cc(C(C)C)cc2C(C)C)c1[PH+](C(C)(C)C)C(C)(C)C.CS(=O)(=O)O.Nc1ccccc1-c1[c-]cccc1.[Pd+2]. The Hall–Kier alpha value is -2.52. The zero-order valence-electron chi connectivity index (χ0n) is 34.1. The molecule has 0 aromatic heterocycles. The summed E-state index contributed by atoms with van der Waals surface area (Å²) in [5, 5.41) is 1.85. The van der Waals surface area contributed by atoms with Crippen LogP contribution in [0.4, 0.5) is 5.69 Å². The third kappa shape index (κ3) is 13.4. The number of benzene rings is 4. The van der Waals surface area contributed by atoms with E-state index in [4.69, 9.17) is 15.0 Å². The summed E-state index contributed by atoms with van der Waals surface area (Å²) in [6.45, 7) is 30.9. The molecule has 0 saturated heterocycles. The molecule has 4 aromatic rings. The third-order valence-electron chi connectivity index (χ3n) is 8.69. The van der Waals surface area contributed by atoms with Crippen molar-refractivity contribution < 1.29 is 38.1 Å². The van der Waals surface area contributed by atoms with Crippen molar-refractivity contribution in [1.82, 2.24) is 0 Å². The van der Waals surface area contributed by atoms with Crippen LogP contribution in [-0.4, -0.2) is 36.6 Å². The van der Waals surface area contributed by atoms with E-state index in [1.54, 1.807) is 0 Å². The van der Waals surface area contributed by atoms with Crippen LogP contribution < -0.4 is 15.8 Å². The van der Waals surface area contributed by atoms with Gasteiger partial charge in [-0.15, -0.1) is 35.9 Å². The first kappa shape index (κ1) is 47.5. The van der Waals surface area contributed by atoms with Crippen molar-refractivity contribution in [3.8, 4) is 28.0 Å². The molecule has 0 bridgehead atoms. The maximum atomic E-state index is 9.19. The minimum absolute atomic E-state index is 0. The van der Waals surface area contributed by atoms with E-state index in [0.717, 1.165) is 22.6 Å². The monoisotopic (exact) mass is 839 g/mol. The third-order valence-corrected chi connectivity index (χ3v) is 12.7. The summed E-state index contributed by atoms with van der Waals surface area (Å²) in [7, 11) is -2.85. The van der Waals surface area contributed by atoms with E-state index >= 15 is 0 Å². The van der Waals surface area contributed by atoms with Crippen molar-refractivity contribution in [2.75, 3.05) is 19.1 Å². The molecule has 0 unspecified atom stereocenters. The molecule has 4 aromatic carbocycles. The molecule has 0 aliphatic heterocycles. The van der Waals surface area contributed by atoms with Crippen LogP contribution in [0.3, 0.4) is 0 Å². The van der Waals surface area contributed by atoms with Gasteiger partial charge in [0.1, 0.15) is 5.30 Å². The number of anilines is 1. The van der Waals surface area contributed by atoms with Crippen LogP contribution in [-0.2, 0) is 30.5 Å². The molecule has 0 heterocycles. The maximum Gasteiger partial charge on any atom is 2.00 e. The average Bonchev–Trinajstić information content (AvgIpc) is 2.99. The fourth-order valence-corrected chi connectivity index (χ4v) is 11.6. The number of hydrogen-bond donors (Lipinski definition) is 2. The van der Waals surface area contributed by atoms with E-state index in [1.165, 1.54) is 38.7 Å². The summed E-state index contributed by atoms with van der Waals surface area (Å²) in [5.41, 5.74) is 17.4. The predicted octanol–water partition coefficient (Wildman–Crippen LogP) is 11.7. The Labute approximate surface area is 331 Å². The van der Waals surface area contributed by atoms with E-state index in [-0.39, 0.29) is 30.7 Å². The largest absolute Gasteiger partial charge is 2.00 e. The number of methoxy groups -OCH3 is 1. The second-order valence-corrected chi connectivity index (χ2v) is 22.1. The number of hydrogen-bond acceptors (Lipinski definition) is 4. The molecular weight excluding hydrogens is 776 g/mol. The fraction of sp³-hybridized carbons (Fsp3) is 0.455. The number of aryl methyl sites for hydroxylation is 1.